The molecule has 0 aliphatic heterocycles. The molecule has 0 aromatic carbocycles. The Balaban J connectivity index is 4.13. The van der Waals surface area contributed by atoms with Crippen LogP contribution in [0.3, 0.4) is 0 Å². The summed E-state index contributed by atoms with van der Waals surface area (Å²) < 4.78 is 22.8. The Bertz CT molecular complexity index is 1890. The lowest BCUT2D eigenvalue weighted by molar-refractivity contribution is -0.870. The van der Waals surface area contributed by atoms with E-state index in [2.05, 4.69) is 148 Å². The Labute approximate surface area is 535 Å². The molecule has 0 amide bonds. The first-order valence-electron chi connectivity index (χ1n) is 35.3. The molecule has 496 valence electrons. The van der Waals surface area contributed by atoms with E-state index >= 15 is 0 Å². The van der Waals surface area contributed by atoms with Gasteiger partial charge in [-0.05, 0) is 109 Å². The number of nitrogens with zero attached hydrogens (tertiary/aromatic N) is 1. The van der Waals surface area contributed by atoms with Crippen LogP contribution in [0.4, 0.5) is 0 Å². The lowest BCUT2D eigenvalue weighted by atomic mass is 10.0. The largest absolute Gasteiger partial charge is 0.545 e. The molecular weight excluding hydrogens is 1080 g/mol. The molecule has 9 nitrogen and oxygen atoms in total. The maximum Gasteiger partial charge on any atom is 0.306 e. The summed E-state index contributed by atoms with van der Waals surface area (Å²) in [7, 11) is 5.92. The summed E-state index contributed by atoms with van der Waals surface area (Å²) in [6, 6.07) is 0. The SMILES string of the molecule is CC/C=C\C/C=C\C/C=C\C/C=C\C/C=C\C/C=C\C/C=C\CCCCCCCC(=O)OC(COC(=O)CCCCCCCCCCCCCCCCCCCCCCCC/C=C\C/C=C\C/C=C\C/C=C\CC)COC(OCC[N+](C)(C)C)C(=O)[O-]. The maximum atomic E-state index is 12.9. The molecule has 0 fully saturated rings. The first-order chi connectivity index (χ1) is 42.6. The van der Waals surface area contributed by atoms with Crippen LogP contribution in [0, 0.1) is 0 Å². The van der Waals surface area contributed by atoms with Gasteiger partial charge in [-0.3, -0.25) is 9.59 Å². The van der Waals surface area contributed by atoms with Crippen molar-refractivity contribution in [2.45, 2.75) is 296 Å². The molecule has 0 aliphatic carbocycles. The van der Waals surface area contributed by atoms with E-state index in [0.29, 0.717) is 17.4 Å². The summed E-state index contributed by atoms with van der Waals surface area (Å²) in [5, 5.41) is 11.8. The number of allylic oxidation sites excluding steroid dienone is 22. The molecule has 0 spiro atoms. The molecule has 0 aromatic rings. The van der Waals surface area contributed by atoms with Crippen molar-refractivity contribution in [1.82, 2.24) is 0 Å². The third-order valence-corrected chi connectivity index (χ3v) is 14.9. The van der Waals surface area contributed by atoms with Gasteiger partial charge in [0.2, 0.25) is 0 Å². The highest BCUT2D eigenvalue weighted by atomic mass is 16.7. The minimum absolute atomic E-state index is 0.138. The number of ether oxygens (including phenoxy) is 4. The van der Waals surface area contributed by atoms with Crippen LogP contribution in [0.15, 0.2) is 134 Å². The van der Waals surface area contributed by atoms with Gasteiger partial charge in [0.15, 0.2) is 12.4 Å². The summed E-state index contributed by atoms with van der Waals surface area (Å²) in [6.45, 7) is 4.51. The van der Waals surface area contributed by atoms with E-state index in [4.69, 9.17) is 18.9 Å². The van der Waals surface area contributed by atoms with Gasteiger partial charge in [-0.1, -0.05) is 295 Å². The fourth-order valence-electron chi connectivity index (χ4n) is 9.57. The summed E-state index contributed by atoms with van der Waals surface area (Å²) in [5.41, 5.74) is 0. The van der Waals surface area contributed by atoms with Crippen LogP contribution in [0.2, 0.25) is 0 Å². The molecule has 9 heteroatoms. The standard InChI is InChI=1S/C78H131NO8/c1-6-8-10-12-14-16-18-20-22-24-26-28-30-32-34-35-36-37-38-39-40-41-43-44-46-48-50-52-54-56-58-60-62-64-66-68-75(80)85-72-74(73-86-78(77(82)83)84-71-70-79(3,4)5)87-76(81)69-67-65-63-61-59-57-55-53-51-49-47-45-42-33-31-29-27-25-23-21-19-17-15-13-11-9-7-2/h8-11,14-17,20-23,26-29,33,42,47,49,53,55,74,78H,6-7,12-13,18-19,24-25,30-32,34-41,43-46,48,50-52,54,56-73H2,1-5H3/b10-8-,11-9-,16-14-,17-15-,22-20-,23-21-,28-26-,29-27-,42-33-,49-47-,55-53-. The van der Waals surface area contributed by atoms with Crippen LogP contribution < -0.4 is 5.11 Å². The summed E-state index contributed by atoms with van der Waals surface area (Å²) in [6.07, 6.45) is 94.0. The molecule has 0 rings (SSSR count). The number of carboxylic acid groups (broad SMARTS) is 1. The second kappa shape index (κ2) is 67.4. The third-order valence-electron chi connectivity index (χ3n) is 14.9. The van der Waals surface area contributed by atoms with E-state index in [0.717, 1.165) is 122 Å². The van der Waals surface area contributed by atoms with Crippen molar-refractivity contribution in [2.24, 2.45) is 0 Å². The number of hydrogen-bond donors (Lipinski definition) is 0. The number of hydrogen-bond acceptors (Lipinski definition) is 8. The zero-order valence-electron chi connectivity index (χ0n) is 56.6. The molecule has 0 saturated heterocycles. The number of aliphatic carboxylic acids is 1. The van der Waals surface area contributed by atoms with E-state index in [1.54, 1.807) is 0 Å². The van der Waals surface area contributed by atoms with Gasteiger partial charge in [0, 0.05) is 12.8 Å². The number of unbranched alkanes of at least 4 members (excludes halogenated alkanes) is 27. The first-order valence-corrected chi connectivity index (χ1v) is 35.3. The molecule has 0 aromatic heterocycles. The smallest absolute Gasteiger partial charge is 0.306 e. The fraction of sp³-hybridized carbons (Fsp3) is 0.679. The van der Waals surface area contributed by atoms with E-state index in [1.165, 1.54) is 128 Å². The first kappa shape index (κ1) is 82.4. The molecule has 0 radical (unpaired) electrons. The Hall–Kier alpha value is -4.57. The van der Waals surface area contributed by atoms with Crippen molar-refractivity contribution in [3.8, 4) is 0 Å². The van der Waals surface area contributed by atoms with Gasteiger partial charge >= 0.3 is 11.9 Å². The minimum Gasteiger partial charge on any atom is -0.545 e. The normalized spacial score (nSPS) is 13.5. The highest BCUT2D eigenvalue weighted by Crippen LogP contribution is 2.17. The van der Waals surface area contributed by atoms with Crippen LogP contribution in [-0.4, -0.2) is 82.3 Å². The Morgan fingerprint density at radius 2 is 0.621 bits per heavy atom. The molecule has 0 heterocycles. The Morgan fingerprint density at radius 1 is 0.345 bits per heavy atom. The lowest BCUT2D eigenvalue weighted by Gasteiger charge is -2.26. The van der Waals surface area contributed by atoms with Gasteiger partial charge in [0.1, 0.15) is 13.2 Å². The molecule has 2 unspecified atom stereocenters. The van der Waals surface area contributed by atoms with Crippen molar-refractivity contribution in [2.75, 3.05) is 47.5 Å². The number of esters is 2. The van der Waals surface area contributed by atoms with Crippen molar-refractivity contribution in [3.63, 3.8) is 0 Å². The molecule has 2 atom stereocenters. The van der Waals surface area contributed by atoms with Crippen LogP contribution in [-0.2, 0) is 33.3 Å². The number of carbonyl (C=O) groups is 3. The Kier molecular flexibility index (Phi) is 63.8. The van der Waals surface area contributed by atoms with Crippen molar-refractivity contribution < 1.29 is 42.9 Å². The second-order valence-corrected chi connectivity index (χ2v) is 24.4. The van der Waals surface area contributed by atoms with Crippen molar-refractivity contribution in [1.29, 1.82) is 0 Å². The quantitative estimate of drug-likeness (QED) is 0.0195. The average molecular weight is 1210 g/mol. The molecule has 0 aliphatic rings. The predicted molar refractivity (Wildman–Crippen MR) is 370 cm³/mol. The molecular formula is C78H131NO8. The molecule has 0 bridgehead atoms. The van der Waals surface area contributed by atoms with E-state index < -0.39 is 24.3 Å². The predicted octanol–water partition coefficient (Wildman–Crippen LogP) is 20.8. The van der Waals surface area contributed by atoms with Gasteiger partial charge in [-0.2, -0.15) is 0 Å². The highest BCUT2D eigenvalue weighted by molar-refractivity contribution is 5.70. The van der Waals surface area contributed by atoms with Crippen molar-refractivity contribution in [3.05, 3.63) is 134 Å². The molecule has 87 heavy (non-hydrogen) atoms. The van der Waals surface area contributed by atoms with Crippen LogP contribution in [0.1, 0.15) is 284 Å². The number of carbonyl (C=O) groups excluding carboxylic acids is 3. The van der Waals surface area contributed by atoms with E-state index in [-0.39, 0.29) is 38.6 Å². The zero-order valence-corrected chi connectivity index (χ0v) is 56.6. The molecule has 0 N–H and O–H groups in total. The Morgan fingerprint density at radius 3 is 0.920 bits per heavy atom. The van der Waals surface area contributed by atoms with Crippen LogP contribution >= 0.6 is 0 Å². The van der Waals surface area contributed by atoms with Gasteiger partial charge in [0.25, 0.3) is 0 Å². The topological polar surface area (TPSA) is 111 Å². The summed E-state index contributed by atoms with van der Waals surface area (Å²) in [5.74, 6) is -2.31. The lowest BCUT2D eigenvalue weighted by Crippen LogP contribution is -2.44. The molecule has 0 saturated carbocycles. The minimum atomic E-state index is -1.63. The number of likely N-dealkylation sites (N-methyl/N-ethyl adjacent to an activating group) is 1. The van der Waals surface area contributed by atoms with Gasteiger partial charge in [-0.25, -0.2) is 0 Å². The average Bonchev–Trinajstić information content (AvgIpc) is 3.56. The van der Waals surface area contributed by atoms with Gasteiger partial charge in [-0.15, -0.1) is 0 Å². The van der Waals surface area contributed by atoms with Crippen LogP contribution in [0.5, 0.6) is 0 Å². The third kappa shape index (κ3) is 68.8. The monoisotopic (exact) mass is 1210 g/mol. The summed E-state index contributed by atoms with van der Waals surface area (Å²) in [4.78, 5) is 37.5. The zero-order chi connectivity index (χ0) is 63.3. The van der Waals surface area contributed by atoms with Crippen LogP contribution in [0.25, 0.3) is 0 Å². The highest BCUT2D eigenvalue weighted by Gasteiger charge is 2.22. The van der Waals surface area contributed by atoms with Gasteiger partial charge < -0.3 is 33.3 Å². The van der Waals surface area contributed by atoms with Gasteiger partial charge in [0.05, 0.1) is 40.3 Å². The second-order valence-electron chi connectivity index (χ2n) is 24.4. The summed E-state index contributed by atoms with van der Waals surface area (Å²) >= 11 is 0. The van der Waals surface area contributed by atoms with E-state index in [9.17, 15) is 19.5 Å². The van der Waals surface area contributed by atoms with E-state index in [1.807, 2.05) is 21.1 Å². The number of rotatable bonds is 64. The number of quaternary nitrogens is 1. The fourth-order valence-corrected chi connectivity index (χ4v) is 9.57. The van der Waals surface area contributed by atoms with Crippen molar-refractivity contribution >= 4 is 17.9 Å². The number of carboxylic acids is 1. The maximum absolute atomic E-state index is 12.9.